The van der Waals surface area contributed by atoms with Gasteiger partial charge in [0, 0.05) is 32.0 Å². The molecule has 0 saturated carbocycles. The molecule has 4 atom stereocenters. The van der Waals surface area contributed by atoms with Crippen molar-refractivity contribution in [1.82, 2.24) is 30.0 Å². The van der Waals surface area contributed by atoms with E-state index in [1.54, 1.807) is 49.9 Å². The van der Waals surface area contributed by atoms with Gasteiger partial charge in [-0.15, -0.1) is 10.2 Å². The second-order valence-electron chi connectivity index (χ2n) is 13.9. The fourth-order valence-corrected chi connectivity index (χ4v) is 6.39. The van der Waals surface area contributed by atoms with Crippen molar-refractivity contribution >= 4 is 11.9 Å². The maximum absolute atomic E-state index is 13.9. The van der Waals surface area contributed by atoms with Gasteiger partial charge in [0.15, 0.2) is 5.82 Å². The molecule has 1 N–H and O–H groups in total. The summed E-state index contributed by atoms with van der Waals surface area (Å²) in [6.45, 7) is 8.07. The third-order valence-corrected chi connectivity index (χ3v) is 8.90. The van der Waals surface area contributed by atoms with Crippen LogP contribution in [0, 0.1) is 5.82 Å². The number of halogens is 7. The number of nitrogens with zero attached hydrogens (tertiary/aromatic N) is 6. The number of nitrogens with one attached hydrogen (secondary N) is 1. The molecule has 1 saturated heterocycles. The quantitative estimate of drug-likeness (QED) is 0.195. The van der Waals surface area contributed by atoms with Gasteiger partial charge in [-0.3, -0.25) is 0 Å². The van der Waals surface area contributed by atoms with Gasteiger partial charge in [-0.25, -0.2) is 19.2 Å². The van der Waals surface area contributed by atoms with E-state index < -0.39 is 59.1 Å². The highest BCUT2D eigenvalue weighted by atomic mass is 19.4. The molecular weight excluding hydrogens is 699 g/mol. The maximum Gasteiger partial charge on any atom is 0.416 e. The van der Waals surface area contributed by atoms with Crippen molar-refractivity contribution in [3.05, 3.63) is 88.8 Å². The summed E-state index contributed by atoms with van der Waals surface area (Å²) in [5.74, 6) is 0.410. The Morgan fingerprint density at radius 3 is 2.19 bits per heavy atom. The zero-order chi connectivity index (χ0) is 37.6. The molecule has 6 rings (SSSR count). The van der Waals surface area contributed by atoms with Gasteiger partial charge in [0.1, 0.15) is 28.8 Å². The van der Waals surface area contributed by atoms with Crippen molar-refractivity contribution in [2.45, 2.75) is 89.2 Å². The third kappa shape index (κ3) is 8.45. The molecule has 0 radical (unpaired) electrons. The molecule has 1 fully saturated rings. The standard InChI is InChI=1S/C35H36F7N7O3/c1-19(21-11-22(34(37,38)39)13-23(12-21)35(40,41)42)51-28-14-29-46-47-31(49(29)18-26(28)20-5-7-24(36)8-6-20)27-15-44-30(16-43-27)48-10-9-25(17-48)45-32(50)52-33(2,3)4/h5-8,11-13,15-16,19,25-26,28H,9-10,14,17-18H2,1-4H3,(H,45,50)/t19-,25+,26-,28+/m1/s1. The SMILES string of the molecule is C[C@@H](O[C@H]1Cc2nnc(-c3cnc(N4CC[C@H](NC(=O)OC(C)(C)C)C4)cn3)n2C[C@@H]1c1ccc(F)cc1)c1cc(C(F)(F)F)cc(C(F)(F)F)c1. The number of amides is 1. The van der Waals surface area contributed by atoms with Crippen LogP contribution in [0.25, 0.3) is 11.5 Å². The Hall–Kier alpha value is -4.80. The van der Waals surface area contributed by atoms with Gasteiger partial charge in [0.2, 0.25) is 0 Å². The summed E-state index contributed by atoms with van der Waals surface area (Å²) in [7, 11) is 0. The van der Waals surface area contributed by atoms with Crippen LogP contribution in [0.5, 0.6) is 0 Å². The average Bonchev–Trinajstić information content (AvgIpc) is 3.70. The number of carbonyl (C=O) groups excluding carboxylic acids is 1. The Labute approximate surface area is 294 Å². The fourth-order valence-electron chi connectivity index (χ4n) is 6.39. The first-order valence-electron chi connectivity index (χ1n) is 16.5. The molecule has 10 nitrogen and oxygen atoms in total. The van der Waals surface area contributed by atoms with Gasteiger partial charge in [0.05, 0.1) is 41.8 Å². The van der Waals surface area contributed by atoms with Gasteiger partial charge in [-0.1, -0.05) is 12.1 Å². The summed E-state index contributed by atoms with van der Waals surface area (Å²) >= 11 is 0. The number of ether oxygens (including phenoxy) is 2. The number of carbonyl (C=O) groups is 1. The van der Waals surface area contributed by atoms with Crippen LogP contribution in [-0.2, 0) is 34.8 Å². The minimum Gasteiger partial charge on any atom is -0.444 e. The molecule has 2 aliphatic heterocycles. The molecule has 17 heteroatoms. The van der Waals surface area contributed by atoms with Crippen LogP contribution in [0.2, 0.25) is 0 Å². The number of alkyl carbamates (subject to hydrolysis) is 1. The second-order valence-corrected chi connectivity index (χ2v) is 13.9. The summed E-state index contributed by atoms with van der Waals surface area (Å²) in [5, 5.41) is 11.5. The van der Waals surface area contributed by atoms with Gasteiger partial charge in [-0.2, -0.15) is 26.3 Å². The molecule has 0 aliphatic carbocycles. The molecule has 278 valence electrons. The highest BCUT2D eigenvalue weighted by molar-refractivity contribution is 5.68. The van der Waals surface area contributed by atoms with E-state index >= 15 is 0 Å². The van der Waals surface area contributed by atoms with E-state index in [1.165, 1.54) is 19.1 Å². The monoisotopic (exact) mass is 735 g/mol. The molecule has 0 unspecified atom stereocenters. The maximum atomic E-state index is 13.9. The Morgan fingerprint density at radius 2 is 1.60 bits per heavy atom. The number of hydrogen-bond donors (Lipinski definition) is 1. The third-order valence-electron chi connectivity index (χ3n) is 8.90. The minimum absolute atomic E-state index is 0.0728. The van der Waals surface area contributed by atoms with Crippen LogP contribution in [0.3, 0.4) is 0 Å². The van der Waals surface area contributed by atoms with Crippen molar-refractivity contribution in [1.29, 1.82) is 0 Å². The molecule has 52 heavy (non-hydrogen) atoms. The average molecular weight is 736 g/mol. The summed E-state index contributed by atoms with van der Waals surface area (Å²) in [6.07, 6.45) is -8.57. The van der Waals surface area contributed by atoms with Gasteiger partial charge >= 0.3 is 18.4 Å². The van der Waals surface area contributed by atoms with Crippen molar-refractivity contribution in [2.75, 3.05) is 18.0 Å². The zero-order valence-corrected chi connectivity index (χ0v) is 28.6. The molecule has 4 heterocycles. The lowest BCUT2D eigenvalue weighted by atomic mass is 9.88. The normalized spacial score (nSPS) is 20.1. The second kappa shape index (κ2) is 14.0. The van der Waals surface area contributed by atoms with E-state index in [0.717, 1.165) is 0 Å². The van der Waals surface area contributed by atoms with Gasteiger partial charge in [0.25, 0.3) is 0 Å². The number of benzene rings is 2. The van der Waals surface area contributed by atoms with E-state index in [2.05, 4.69) is 25.5 Å². The summed E-state index contributed by atoms with van der Waals surface area (Å²) in [6, 6.07) is 6.87. The Balaban J connectivity index is 1.22. The molecule has 4 aromatic rings. The number of aromatic nitrogens is 5. The molecular formula is C35H36F7N7O3. The van der Waals surface area contributed by atoms with E-state index in [0.29, 0.717) is 60.4 Å². The Bertz CT molecular complexity index is 1860. The number of rotatable bonds is 7. The Morgan fingerprint density at radius 1 is 0.923 bits per heavy atom. The molecule has 2 aromatic heterocycles. The predicted octanol–water partition coefficient (Wildman–Crippen LogP) is 7.50. The largest absolute Gasteiger partial charge is 0.444 e. The van der Waals surface area contributed by atoms with E-state index in [-0.39, 0.29) is 30.6 Å². The van der Waals surface area contributed by atoms with E-state index in [1.807, 2.05) is 4.90 Å². The number of anilines is 1. The zero-order valence-electron chi connectivity index (χ0n) is 28.6. The van der Waals surface area contributed by atoms with Crippen molar-refractivity contribution in [2.24, 2.45) is 0 Å². The highest BCUT2D eigenvalue weighted by Gasteiger charge is 2.39. The lowest BCUT2D eigenvalue weighted by molar-refractivity contribution is -0.143. The van der Waals surface area contributed by atoms with Crippen molar-refractivity contribution in [3.63, 3.8) is 0 Å². The van der Waals surface area contributed by atoms with E-state index in [9.17, 15) is 35.5 Å². The minimum atomic E-state index is -5.01. The number of fused-ring (bicyclic) bond motifs is 1. The summed E-state index contributed by atoms with van der Waals surface area (Å²) in [5.41, 5.74) is -2.76. The van der Waals surface area contributed by atoms with Crippen molar-refractivity contribution < 1.29 is 45.0 Å². The molecule has 2 aliphatic rings. The lowest BCUT2D eigenvalue weighted by Gasteiger charge is -2.35. The molecule has 0 spiro atoms. The molecule has 0 bridgehead atoms. The number of hydrogen-bond acceptors (Lipinski definition) is 8. The Kier molecular flexibility index (Phi) is 9.93. The van der Waals surface area contributed by atoms with E-state index in [4.69, 9.17) is 9.47 Å². The highest BCUT2D eigenvalue weighted by Crippen LogP contribution is 2.40. The van der Waals surface area contributed by atoms with Gasteiger partial charge in [-0.05, 0) is 75.6 Å². The summed E-state index contributed by atoms with van der Waals surface area (Å²) < 4.78 is 109. The van der Waals surface area contributed by atoms with Crippen LogP contribution < -0.4 is 10.2 Å². The predicted molar refractivity (Wildman–Crippen MR) is 174 cm³/mol. The summed E-state index contributed by atoms with van der Waals surface area (Å²) in [4.78, 5) is 23.3. The smallest absolute Gasteiger partial charge is 0.416 e. The van der Waals surface area contributed by atoms with Gasteiger partial charge < -0.3 is 24.3 Å². The van der Waals surface area contributed by atoms with Crippen LogP contribution in [0.1, 0.15) is 74.2 Å². The first-order valence-corrected chi connectivity index (χ1v) is 16.5. The topological polar surface area (TPSA) is 107 Å². The van der Waals surface area contributed by atoms with Crippen LogP contribution in [0.4, 0.5) is 41.3 Å². The first kappa shape index (κ1) is 37.0. The molecule has 1 amide bonds. The molecule has 2 aromatic carbocycles. The van der Waals surface area contributed by atoms with Crippen molar-refractivity contribution in [3.8, 4) is 11.5 Å². The first-order chi connectivity index (χ1) is 24.3. The fraction of sp³-hybridized carbons (Fsp3) is 0.457. The van der Waals surface area contributed by atoms with Crippen LogP contribution in [-0.4, -0.2) is 61.7 Å². The van der Waals surface area contributed by atoms with Crippen LogP contribution >= 0.6 is 0 Å². The number of alkyl halides is 6. The van der Waals surface area contributed by atoms with Crippen LogP contribution in [0.15, 0.2) is 54.9 Å². The lowest BCUT2D eigenvalue weighted by Crippen LogP contribution is -2.40.